The lowest BCUT2D eigenvalue weighted by molar-refractivity contribution is -0.121. The number of amides is 1. The third-order valence-corrected chi connectivity index (χ3v) is 3.98. The maximum Gasteiger partial charge on any atom is 0.241 e. The number of likely N-dealkylation sites (N-methyl/N-ethyl adjacent to an activating group) is 1. The average Bonchev–Trinajstić information content (AvgIpc) is 2.94. The van der Waals surface area contributed by atoms with Crippen molar-refractivity contribution in [3.8, 4) is 0 Å². The normalized spacial score (nSPS) is 20.1. The Balaban J connectivity index is 1.99. The number of benzene rings is 1. The van der Waals surface area contributed by atoms with Crippen LogP contribution in [0.2, 0.25) is 5.02 Å². The van der Waals surface area contributed by atoms with E-state index in [0.29, 0.717) is 29.0 Å². The first-order valence-electron chi connectivity index (χ1n) is 6.64. The zero-order valence-electron chi connectivity index (χ0n) is 11.7. The molecule has 1 fully saturated rings. The number of nitrogens with two attached hydrogens (primary N) is 1. The summed E-state index contributed by atoms with van der Waals surface area (Å²) in [5, 5.41) is 3.39. The quantitative estimate of drug-likeness (QED) is 0.834. The van der Waals surface area contributed by atoms with E-state index in [-0.39, 0.29) is 11.9 Å². The molecule has 1 aliphatic rings. The second-order valence-electron chi connectivity index (χ2n) is 5.08. The molecule has 0 radical (unpaired) electrons. The molecule has 6 heteroatoms. The van der Waals surface area contributed by atoms with Gasteiger partial charge in [-0.1, -0.05) is 11.6 Å². The first-order chi connectivity index (χ1) is 9.49. The molecule has 1 aromatic rings. The molecular formula is C14H20ClN3O2. The van der Waals surface area contributed by atoms with E-state index in [0.717, 1.165) is 13.0 Å². The molecule has 2 atom stereocenters. The molecule has 5 nitrogen and oxygen atoms in total. The number of ether oxygens (including phenoxy) is 1. The van der Waals surface area contributed by atoms with E-state index < -0.39 is 0 Å². The van der Waals surface area contributed by atoms with Crippen LogP contribution in [0.4, 0.5) is 11.4 Å². The van der Waals surface area contributed by atoms with E-state index in [4.69, 9.17) is 22.1 Å². The van der Waals surface area contributed by atoms with E-state index >= 15 is 0 Å². The van der Waals surface area contributed by atoms with Crippen LogP contribution in [0.5, 0.6) is 0 Å². The molecule has 0 spiro atoms. The molecule has 1 aromatic carbocycles. The number of nitrogens with one attached hydrogen (secondary N) is 1. The number of nitrogens with zero attached hydrogens (tertiary/aromatic N) is 1. The number of anilines is 2. The van der Waals surface area contributed by atoms with Crippen LogP contribution in [0.3, 0.4) is 0 Å². The SMILES string of the molecule is CC(C(=O)Nc1ccc(Cl)cc1N)N(C)C1CCOC1. The van der Waals surface area contributed by atoms with Gasteiger partial charge >= 0.3 is 0 Å². The molecule has 1 aliphatic heterocycles. The zero-order valence-corrected chi connectivity index (χ0v) is 12.5. The minimum atomic E-state index is -0.253. The van der Waals surface area contributed by atoms with Crippen molar-refractivity contribution < 1.29 is 9.53 Å². The maximum absolute atomic E-state index is 12.3. The van der Waals surface area contributed by atoms with Crippen molar-refractivity contribution in [3.63, 3.8) is 0 Å². The standard InChI is InChI=1S/C14H20ClN3O2/c1-9(18(2)11-5-6-20-8-11)14(19)17-13-4-3-10(15)7-12(13)16/h3-4,7,9,11H,5-6,8,16H2,1-2H3,(H,17,19). The first-order valence-corrected chi connectivity index (χ1v) is 7.02. The van der Waals surface area contributed by atoms with Crippen LogP contribution >= 0.6 is 11.6 Å². The molecule has 20 heavy (non-hydrogen) atoms. The lowest BCUT2D eigenvalue weighted by atomic mass is 10.1. The monoisotopic (exact) mass is 297 g/mol. The Labute approximate surface area is 124 Å². The van der Waals surface area contributed by atoms with Gasteiger partial charge in [-0.05, 0) is 38.6 Å². The highest BCUT2D eigenvalue weighted by Crippen LogP contribution is 2.23. The van der Waals surface area contributed by atoms with E-state index in [1.54, 1.807) is 18.2 Å². The number of rotatable bonds is 4. The Kier molecular flexibility index (Phi) is 4.86. The Morgan fingerprint density at radius 1 is 1.60 bits per heavy atom. The minimum absolute atomic E-state index is 0.0894. The van der Waals surface area contributed by atoms with Crippen molar-refractivity contribution >= 4 is 28.9 Å². The third kappa shape index (κ3) is 3.42. The average molecular weight is 298 g/mol. The summed E-state index contributed by atoms with van der Waals surface area (Å²) in [5.41, 5.74) is 6.88. The predicted molar refractivity (Wildman–Crippen MR) is 80.9 cm³/mol. The molecule has 1 heterocycles. The first kappa shape index (κ1) is 15.1. The fourth-order valence-corrected chi connectivity index (χ4v) is 2.41. The molecule has 3 N–H and O–H groups in total. The minimum Gasteiger partial charge on any atom is -0.397 e. The molecular weight excluding hydrogens is 278 g/mol. The van der Waals surface area contributed by atoms with Crippen LogP contribution in [0.25, 0.3) is 0 Å². The van der Waals surface area contributed by atoms with Gasteiger partial charge in [-0.2, -0.15) is 0 Å². The molecule has 0 bridgehead atoms. The van der Waals surface area contributed by atoms with E-state index in [1.165, 1.54) is 0 Å². The topological polar surface area (TPSA) is 67.6 Å². The summed E-state index contributed by atoms with van der Waals surface area (Å²) in [5.74, 6) is -0.0894. The molecule has 0 saturated carbocycles. The third-order valence-electron chi connectivity index (χ3n) is 3.74. The Morgan fingerprint density at radius 2 is 2.35 bits per heavy atom. The van der Waals surface area contributed by atoms with Crippen molar-refractivity contribution in [2.24, 2.45) is 0 Å². The smallest absolute Gasteiger partial charge is 0.241 e. The fraction of sp³-hybridized carbons (Fsp3) is 0.500. The summed E-state index contributed by atoms with van der Waals surface area (Å²) in [6, 6.07) is 5.07. The predicted octanol–water partition coefficient (Wildman–Crippen LogP) is 1.97. The van der Waals surface area contributed by atoms with Gasteiger partial charge in [0.15, 0.2) is 0 Å². The molecule has 1 saturated heterocycles. The Bertz CT molecular complexity index is 489. The zero-order chi connectivity index (χ0) is 14.7. The van der Waals surface area contributed by atoms with Gasteiger partial charge in [0, 0.05) is 17.7 Å². The molecule has 1 amide bonds. The van der Waals surface area contributed by atoms with Crippen LogP contribution in [-0.4, -0.2) is 43.2 Å². The van der Waals surface area contributed by atoms with E-state index in [9.17, 15) is 4.79 Å². The van der Waals surface area contributed by atoms with Crippen LogP contribution < -0.4 is 11.1 Å². The van der Waals surface area contributed by atoms with Gasteiger partial charge < -0.3 is 15.8 Å². The molecule has 110 valence electrons. The maximum atomic E-state index is 12.3. The number of hydrogen-bond donors (Lipinski definition) is 2. The second-order valence-corrected chi connectivity index (χ2v) is 5.52. The van der Waals surface area contributed by atoms with Crippen molar-refractivity contribution in [2.75, 3.05) is 31.3 Å². The number of hydrogen-bond acceptors (Lipinski definition) is 4. The van der Waals surface area contributed by atoms with Gasteiger partial charge in [-0.15, -0.1) is 0 Å². The summed E-state index contributed by atoms with van der Waals surface area (Å²) in [4.78, 5) is 14.3. The lowest BCUT2D eigenvalue weighted by Gasteiger charge is -2.28. The summed E-state index contributed by atoms with van der Waals surface area (Å²) >= 11 is 5.84. The van der Waals surface area contributed by atoms with E-state index in [2.05, 4.69) is 5.32 Å². The Morgan fingerprint density at radius 3 is 2.95 bits per heavy atom. The summed E-state index contributed by atoms with van der Waals surface area (Å²) in [7, 11) is 1.94. The molecule has 2 rings (SSSR count). The van der Waals surface area contributed by atoms with Crippen molar-refractivity contribution in [1.82, 2.24) is 4.90 Å². The van der Waals surface area contributed by atoms with Crippen LogP contribution in [-0.2, 0) is 9.53 Å². The van der Waals surface area contributed by atoms with Gasteiger partial charge in [0.2, 0.25) is 5.91 Å². The number of carbonyl (C=O) groups excluding carboxylic acids is 1. The summed E-state index contributed by atoms with van der Waals surface area (Å²) < 4.78 is 5.35. The van der Waals surface area contributed by atoms with Gasteiger partial charge in [0.25, 0.3) is 0 Å². The second kappa shape index (κ2) is 6.43. The van der Waals surface area contributed by atoms with Crippen molar-refractivity contribution in [1.29, 1.82) is 0 Å². The summed E-state index contributed by atoms with van der Waals surface area (Å²) in [6.07, 6.45) is 0.956. The van der Waals surface area contributed by atoms with Crippen LogP contribution in [0.1, 0.15) is 13.3 Å². The highest BCUT2D eigenvalue weighted by Gasteiger charge is 2.27. The fourth-order valence-electron chi connectivity index (χ4n) is 2.23. The van der Waals surface area contributed by atoms with Gasteiger partial charge in [-0.25, -0.2) is 0 Å². The molecule has 0 aliphatic carbocycles. The highest BCUT2D eigenvalue weighted by atomic mass is 35.5. The van der Waals surface area contributed by atoms with Gasteiger partial charge in [0.1, 0.15) is 0 Å². The van der Waals surface area contributed by atoms with Gasteiger partial charge in [0.05, 0.1) is 24.0 Å². The molecule has 2 unspecified atom stereocenters. The number of carbonyl (C=O) groups is 1. The van der Waals surface area contributed by atoms with E-state index in [1.807, 2.05) is 18.9 Å². The summed E-state index contributed by atoms with van der Waals surface area (Å²) in [6.45, 7) is 3.31. The highest BCUT2D eigenvalue weighted by molar-refractivity contribution is 6.31. The van der Waals surface area contributed by atoms with Crippen molar-refractivity contribution in [3.05, 3.63) is 23.2 Å². The lowest BCUT2D eigenvalue weighted by Crippen LogP contribution is -2.45. The van der Waals surface area contributed by atoms with Crippen LogP contribution in [0.15, 0.2) is 18.2 Å². The van der Waals surface area contributed by atoms with Gasteiger partial charge in [-0.3, -0.25) is 9.69 Å². The number of nitrogen functional groups attached to an aromatic ring is 1. The number of halogens is 1. The largest absolute Gasteiger partial charge is 0.397 e. The Hall–Kier alpha value is -1.30. The van der Waals surface area contributed by atoms with Crippen molar-refractivity contribution in [2.45, 2.75) is 25.4 Å². The molecule has 0 aromatic heterocycles. The van der Waals surface area contributed by atoms with Crippen LogP contribution in [0, 0.1) is 0 Å².